The Hall–Kier alpha value is -1.27. The summed E-state index contributed by atoms with van der Waals surface area (Å²) in [6.45, 7) is 5.74. The predicted molar refractivity (Wildman–Crippen MR) is 109 cm³/mol. The lowest BCUT2D eigenvalue weighted by Gasteiger charge is -2.18. The van der Waals surface area contributed by atoms with E-state index in [4.69, 9.17) is 21.1 Å². The van der Waals surface area contributed by atoms with Gasteiger partial charge < -0.3 is 19.9 Å². The average molecular weight is 443 g/mol. The zero-order valence-corrected chi connectivity index (χ0v) is 17.4. The molecule has 142 valence electrons. The minimum atomic E-state index is 0.0881. The number of aliphatic hydroxyl groups excluding tert-OH is 1. The van der Waals surface area contributed by atoms with Gasteiger partial charge in [-0.1, -0.05) is 30.7 Å². The number of nitrogens with one attached hydrogen (secondary N) is 1. The van der Waals surface area contributed by atoms with E-state index >= 15 is 0 Å². The summed E-state index contributed by atoms with van der Waals surface area (Å²) in [6, 6.07) is 11.6. The molecular formula is C20H25BrClNO3. The maximum atomic E-state index is 9.31. The van der Waals surface area contributed by atoms with E-state index < -0.39 is 0 Å². The van der Waals surface area contributed by atoms with Gasteiger partial charge in [0.25, 0.3) is 0 Å². The topological polar surface area (TPSA) is 50.7 Å². The molecule has 0 spiro atoms. The van der Waals surface area contributed by atoms with Gasteiger partial charge >= 0.3 is 0 Å². The quantitative estimate of drug-likeness (QED) is 0.547. The minimum Gasteiger partial charge on any atom is -0.490 e. The molecule has 2 rings (SSSR count). The van der Waals surface area contributed by atoms with Gasteiger partial charge in [-0.2, -0.15) is 0 Å². The SMILES string of the molecule is CCOc1cc(CN[C@H](CC)CO)cc(Br)c1OCc1ccc(Cl)cc1. The molecule has 0 saturated heterocycles. The third-order valence-corrected chi connectivity index (χ3v) is 4.81. The molecule has 6 heteroatoms. The highest BCUT2D eigenvalue weighted by molar-refractivity contribution is 9.10. The second-order valence-electron chi connectivity index (χ2n) is 5.92. The van der Waals surface area contributed by atoms with Crippen LogP contribution in [0.15, 0.2) is 40.9 Å². The number of hydrogen-bond acceptors (Lipinski definition) is 4. The lowest BCUT2D eigenvalue weighted by atomic mass is 10.1. The van der Waals surface area contributed by atoms with Crippen LogP contribution in [0.3, 0.4) is 0 Å². The number of rotatable bonds is 10. The molecule has 0 unspecified atom stereocenters. The minimum absolute atomic E-state index is 0.0881. The zero-order valence-electron chi connectivity index (χ0n) is 15.1. The standard InChI is InChI=1S/C20H25BrClNO3/c1-3-17(12-24)23-11-15-9-18(21)20(19(10-15)25-4-2)26-13-14-5-7-16(22)8-6-14/h5-10,17,23-24H,3-4,11-13H2,1-2H3/t17-/m1/s1. The van der Waals surface area contributed by atoms with Crippen LogP contribution >= 0.6 is 27.5 Å². The number of aliphatic hydroxyl groups is 1. The molecule has 0 bridgehead atoms. The van der Waals surface area contributed by atoms with Crippen molar-refractivity contribution in [2.24, 2.45) is 0 Å². The maximum Gasteiger partial charge on any atom is 0.175 e. The molecule has 2 N–H and O–H groups in total. The van der Waals surface area contributed by atoms with Gasteiger partial charge in [-0.15, -0.1) is 0 Å². The monoisotopic (exact) mass is 441 g/mol. The van der Waals surface area contributed by atoms with E-state index in [0.717, 1.165) is 22.0 Å². The number of halogens is 2. The molecule has 1 atom stereocenters. The Bertz CT molecular complexity index is 690. The van der Waals surface area contributed by atoms with Gasteiger partial charge in [-0.05, 0) is 64.7 Å². The van der Waals surface area contributed by atoms with Crippen molar-refractivity contribution < 1.29 is 14.6 Å². The largest absolute Gasteiger partial charge is 0.490 e. The number of benzene rings is 2. The fourth-order valence-electron chi connectivity index (χ4n) is 2.46. The molecule has 0 heterocycles. The lowest BCUT2D eigenvalue weighted by Crippen LogP contribution is -2.31. The predicted octanol–water partition coefficient (Wildman–Crippen LogP) is 4.94. The Balaban J connectivity index is 2.13. The first-order chi connectivity index (χ1) is 12.6. The molecular weight excluding hydrogens is 418 g/mol. The zero-order chi connectivity index (χ0) is 18.9. The van der Waals surface area contributed by atoms with Crippen LogP contribution in [0.2, 0.25) is 5.02 Å². The number of ether oxygens (including phenoxy) is 2. The van der Waals surface area contributed by atoms with Gasteiger partial charge in [0.15, 0.2) is 11.5 Å². The average Bonchev–Trinajstić information content (AvgIpc) is 2.63. The highest BCUT2D eigenvalue weighted by Gasteiger charge is 2.13. The normalized spacial score (nSPS) is 12.0. The van der Waals surface area contributed by atoms with Crippen molar-refractivity contribution in [3.8, 4) is 11.5 Å². The van der Waals surface area contributed by atoms with Gasteiger partial charge in [0, 0.05) is 17.6 Å². The van der Waals surface area contributed by atoms with Gasteiger partial charge in [0.2, 0.25) is 0 Å². The van der Waals surface area contributed by atoms with Gasteiger partial charge in [0.05, 0.1) is 17.7 Å². The van der Waals surface area contributed by atoms with Crippen LogP contribution in [0.4, 0.5) is 0 Å². The van der Waals surface area contributed by atoms with Crippen LogP contribution in [0.25, 0.3) is 0 Å². The second kappa shape index (κ2) is 10.8. The van der Waals surface area contributed by atoms with Crippen LogP contribution < -0.4 is 14.8 Å². The summed E-state index contributed by atoms with van der Waals surface area (Å²) in [6.07, 6.45) is 0.873. The lowest BCUT2D eigenvalue weighted by molar-refractivity contribution is 0.238. The molecule has 0 radical (unpaired) electrons. The van der Waals surface area contributed by atoms with Crippen molar-refractivity contribution in [1.29, 1.82) is 0 Å². The Morgan fingerprint density at radius 1 is 1.12 bits per heavy atom. The van der Waals surface area contributed by atoms with Crippen molar-refractivity contribution in [3.05, 3.63) is 57.0 Å². The Kier molecular flexibility index (Phi) is 8.72. The maximum absolute atomic E-state index is 9.31. The number of hydrogen-bond donors (Lipinski definition) is 2. The summed E-state index contributed by atoms with van der Waals surface area (Å²) in [7, 11) is 0. The van der Waals surface area contributed by atoms with Crippen LogP contribution in [-0.4, -0.2) is 24.4 Å². The first-order valence-corrected chi connectivity index (χ1v) is 9.91. The van der Waals surface area contributed by atoms with E-state index in [1.165, 1.54) is 0 Å². The Morgan fingerprint density at radius 3 is 2.46 bits per heavy atom. The molecule has 2 aromatic rings. The second-order valence-corrected chi connectivity index (χ2v) is 7.21. The summed E-state index contributed by atoms with van der Waals surface area (Å²) < 4.78 is 12.6. The molecule has 0 fully saturated rings. The van der Waals surface area contributed by atoms with Gasteiger partial charge in [0.1, 0.15) is 6.61 Å². The van der Waals surface area contributed by atoms with E-state index in [1.54, 1.807) is 0 Å². The fourth-order valence-corrected chi connectivity index (χ4v) is 3.19. The van der Waals surface area contributed by atoms with E-state index in [2.05, 4.69) is 21.2 Å². The molecule has 26 heavy (non-hydrogen) atoms. The third-order valence-electron chi connectivity index (χ3n) is 3.97. The molecule has 0 aliphatic carbocycles. The molecule has 0 aliphatic heterocycles. The van der Waals surface area contributed by atoms with Gasteiger partial charge in [-0.25, -0.2) is 0 Å². The highest BCUT2D eigenvalue weighted by atomic mass is 79.9. The van der Waals surface area contributed by atoms with Crippen LogP contribution in [0.5, 0.6) is 11.5 Å². The van der Waals surface area contributed by atoms with Crippen LogP contribution in [0, 0.1) is 0 Å². The van der Waals surface area contributed by atoms with Crippen molar-refractivity contribution in [2.75, 3.05) is 13.2 Å². The van der Waals surface area contributed by atoms with E-state index in [1.807, 2.05) is 50.2 Å². The van der Waals surface area contributed by atoms with E-state index in [9.17, 15) is 5.11 Å². The summed E-state index contributed by atoms with van der Waals surface area (Å²) in [5.41, 5.74) is 2.09. The van der Waals surface area contributed by atoms with E-state index in [0.29, 0.717) is 36.3 Å². The Labute approximate surface area is 168 Å². The fraction of sp³-hybridized carbons (Fsp3) is 0.400. The van der Waals surface area contributed by atoms with E-state index in [-0.39, 0.29) is 12.6 Å². The molecule has 0 saturated carbocycles. The molecule has 4 nitrogen and oxygen atoms in total. The first kappa shape index (κ1) is 21.0. The Morgan fingerprint density at radius 2 is 1.85 bits per heavy atom. The van der Waals surface area contributed by atoms with Crippen molar-refractivity contribution in [1.82, 2.24) is 5.32 Å². The van der Waals surface area contributed by atoms with Crippen LogP contribution in [0.1, 0.15) is 31.4 Å². The molecule has 0 amide bonds. The first-order valence-electron chi connectivity index (χ1n) is 8.74. The molecule has 0 aliphatic rings. The summed E-state index contributed by atoms with van der Waals surface area (Å²) in [4.78, 5) is 0. The van der Waals surface area contributed by atoms with Crippen LogP contribution in [-0.2, 0) is 13.2 Å². The summed E-state index contributed by atoms with van der Waals surface area (Å²) in [5, 5.41) is 13.4. The van der Waals surface area contributed by atoms with Crippen molar-refractivity contribution in [3.63, 3.8) is 0 Å². The third kappa shape index (κ3) is 6.16. The van der Waals surface area contributed by atoms with Crippen molar-refractivity contribution in [2.45, 2.75) is 39.5 Å². The molecule has 2 aromatic carbocycles. The van der Waals surface area contributed by atoms with Gasteiger partial charge in [-0.3, -0.25) is 0 Å². The smallest absolute Gasteiger partial charge is 0.175 e. The molecule has 0 aromatic heterocycles. The summed E-state index contributed by atoms with van der Waals surface area (Å²) in [5.74, 6) is 1.38. The van der Waals surface area contributed by atoms with Crippen molar-refractivity contribution >= 4 is 27.5 Å². The highest BCUT2D eigenvalue weighted by Crippen LogP contribution is 2.37. The summed E-state index contributed by atoms with van der Waals surface area (Å²) >= 11 is 9.51.